The number of piperazine rings is 1. The van der Waals surface area contributed by atoms with Crippen molar-refractivity contribution in [1.82, 2.24) is 15.1 Å². The van der Waals surface area contributed by atoms with Gasteiger partial charge in [0.25, 0.3) is 0 Å². The highest BCUT2D eigenvalue weighted by molar-refractivity contribution is 4.89. The van der Waals surface area contributed by atoms with Gasteiger partial charge in [-0.2, -0.15) is 0 Å². The second-order valence-electron chi connectivity index (χ2n) is 6.31. The summed E-state index contributed by atoms with van der Waals surface area (Å²) in [6.45, 7) is 10.1. The second kappa shape index (κ2) is 5.25. The molecule has 0 aromatic carbocycles. The summed E-state index contributed by atoms with van der Waals surface area (Å²) in [5.74, 6) is 0.961. The van der Waals surface area contributed by atoms with Crippen molar-refractivity contribution in [2.75, 3.05) is 39.3 Å². The van der Waals surface area contributed by atoms with Crippen LogP contribution in [0.1, 0.15) is 32.6 Å². The Balaban J connectivity index is 1.47. The highest BCUT2D eigenvalue weighted by Crippen LogP contribution is 2.28. The minimum absolute atomic E-state index is 0.849. The zero-order chi connectivity index (χ0) is 11.7. The number of hydrogen-bond acceptors (Lipinski definition) is 3. The fourth-order valence-corrected chi connectivity index (χ4v) is 3.73. The van der Waals surface area contributed by atoms with Crippen LogP contribution in [-0.4, -0.2) is 61.2 Å². The molecule has 2 atom stereocenters. The summed E-state index contributed by atoms with van der Waals surface area (Å²) in [5.41, 5.74) is 0. The molecule has 1 N–H and O–H groups in total. The molecule has 3 nitrogen and oxygen atoms in total. The summed E-state index contributed by atoms with van der Waals surface area (Å²) >= 11 is 0. The quantitative estimate of drug-likeness (QED) is 0.777. The molecule has 1 aliphatic carbocycles. The average molecular weight is 237 g/mol. The summed E-state index contributed by atoms with van der Waals surface area (Å²) in [7, 11) is 0. The van der Waals surface area contributed by atoms with Crippen molar-refractivity contribution in [2.24, 2.45) is 5.92 Å². The Kier molecular flexibility index (Phi) is 3.69. The van der Waals surface area contributed by atoms with Gasteiger partial charge in [0, 0.05) is 51.4 Å². The Morgan fingerprint density at radius 1 is 0.882 bits per heavy atom. The van der Waals surface area contributed by atoms with Gasteiger partial charge in [0.1, 0.15) is 0 Å². The van der Waals surface area contributed by atoms with Crippen molar-refractivity contribution in [3.8, 4) is 0 Å². The summed E-state index contributed by atoms with van der Waals surface area (Å²) in [5, 5.41) is 3.38. The molecule has 2 unspecified atom stereocenters. The van der Waals surface area contributed by atoms with Crippen LogP contribution < -0.4 is 5.32 Å². The zero-order valence-electron chi connectivity index (χ0n) is 11.2. The van der Waals surface area contributed by atoms with Crippen LogP contribution in [0.2, 0.25) is 0 Å². The van der Waals surface area contributed by atoms with E-state index in [1.807, 2.05) is 0 Å². The van der Waals surface area contributed by atoms with E-state index in [0.717, 1.165) is 18.0 Å². The Morgan fingerprint density at radius 2 is 1.53 bits per heavy atom. The monoisotopic (exact) mass is 237 g/mol. The number of nitrogens with one attached hydrogen (secondary N) is 1. The molecule has 3 heteroatoms. The summed E-state index contributed by atoms with van der Waals surface area (Å²) in [6, 6.07) is 1.75. The lowest BCUT2D eigenvalue weighted by atomic mass is 9.86. The third kappa shape index (κ3) is 2.67. The number of hydrogen-bond donors (Lipinski definition) is 1. The Bertz CT molecular complexity index is 244. The van der Waals surface area contributed by atoms with Gasteiger partial charge in [-0.15, -0.1) is 0 Å². The van der Waals surface area contributed by atoms with Gasteiger partial charge in [-0.1, -0.05) is 19.8 Å². The van der Waals surface area contributed by atoms with Gasteiger partial charge in [-0.05, 0) is 18.8 Å². The standard InChI is InChI=1S/C14H27N3/c1-12-3-2-4-13(9-12)16-5-7-17(8-6-16)14-10-15-11-14/h12-15H,2-11H2,1H3. The van der Waals surface area contributed by atoms with Crippen molar-refractivity contribution in [3.63, 3.8) is 0 Å². The minimum atomic E-state index is 0.849. The SMILES string of the molecule is CC1CCCC(N2CCN(C3CNC3)CC2)C1. The van der Waals surface area contributed by atoms with Gasteiger partial charge in [0.15, 0.2) is 0 Å². The van der Waals surface area contributed by atoms with Crippen LogP contribution in [0, 0.1) is 5.92 Å². The first-order chi connectivity index (χ1) is 8.33. The number of nitrogens with zero attached hydrogens (tertiary/aromatic N) is 2. The predicted octanol–water partition coefficient (Wildman–Crippen LogP) is 1.15. The molecule has 2 aliphatic heterocycles. The van der Waals surface area contributed by atoms with Gasteiger partial charge in [0.05, 0.1) is 0 Å². The van der Waals surface area contributed by atoms with Gasteiger partial charge < -0.3 is 5.32 Å². The maximum absolute atomic E-state index is 3.38. The first kappa shape index (κ1) is 11.9. The summed E-state index contributed by atoms with van der Waals surface area (Å²) < 4.78 is 0. The molecule has 3 rings (SSSR count). The third-order valence-corrected chi connectivity index (χ3v) is 5.05. The van der Waals surface area contributed by atoms with Gasteiger partial charge in [-0.25, -0.2) is 0 Å². The summed E-state index contributed by atoms with van der Waals surface area (Å²) in [6.07, 6.45) is 5.82. The molecule has 0 bridgehead atoms. The normalized spacial score (nSPS) is 37.9. The molecule has 0 radical (unpaired) electrons. The lowest BCUT2D eigenvalue weighted by Gasteiger charge is -2.46. The molecule has 98 valence electrons. The van der Waals surface area contributed by atoms with E-state index in [0.29, 0.717) is 0 Å². The molecule has 3 aliphatic rings. The van der Waals surface area contributed by atoms with Gasteiger partial charge >= 0.3 is 0 Å². The van der Waals surface area contributed by atoms with E-state index >= 15 is 0 Å². The molecule has 17 heavy (non-hydrogen) atoms. The van der Waals surface area contributed by atoms with Crippen LogP contribution in [0.15, 0.2) is 0 Å². The molecule has 0 spiro atoms. The van der Waals surface area contributed by atoms with E-state index in [1.54, 1.807) is 0 Å². The van der Waals surface area contributed by atoms with Crippen LogP contribution in [-0.2, 0) is 0 Å². The topological polar surface area (TPSA) is 18.5 Å². The first-order valence-electron chi connectivity index (χ1n) is 7.52. The minimum Gasteiger partial charge on any atom is -0.314 e. The molecule has 2 heterocycles. The van der Waals surface area contributed by atoms with E-state index in [9.17, 15) is 0 Å². The van der Waals surface area contributed by atoms with E-state index in [-0.39, 0.29) is 0 Å². The van der Waals surface area contributed by atoms with Crippen molar-refractivity contribution in [3.05, 3.63) is 0 Å². The van der Waals surface area contributed by atoms with Crippen LogP contribution in [0.5, 0.6) is 0 Å². The fraction of sp³-hybridized carbons (Fsp3) is 1.00. The van der Waals surface area contributed by atoms with E-state index in [1.165, 1.54) is 65.0 Å². The molecule has 1 saturated carbocycles. The maximum Gasteiger partial charge on any atom is 0.0346 e. The average Bonchev–Trinajstić information content (AvgIpc) is 2.28. The van der Waals surface area contributed by atoms with Crippen LogP contribution in [0.3, 0.4) is 0 Å². The largest absolute Gasteiger partial charge is 0.314 e. The van der Waals surface area contributed by atoms with Gasteiger partial charge in [-0.3, -0.25) is 9.80 Å². The highest BCUT2D eigenvalue weighted by Gasteiger charge is 2.31. The van der Waals surface area contributed by atoms with Crippen molar-refractivity contribution < 1.29 is 0 Å². The molecule has 3 fully saturated rings. The molecule has 0 aromatic rings. The Morgan fingerprint density at radius 3 is 2.06 bits per heavy atom. The smallest absolute Gasteiger partial charge is 0.0346 e. The lowest BCUT2D eigenvalue weighted by Crippen LogP contribution is -2.62. The first-order valence-corrected chi connectivity index (χ1v) is 7.52. The van der Waals surface area contributed by atoms with Crippen molar-refractivity contribution >= 4 is 0 Å². The third-order valence-electron chi connectivity index (χ3n) is 5.05. The van der Waals surface area contributed by atoms with Crippen molar-refractivity contribution in [2.45, 2.75) is 44.7 Å². The van der Waals surface area contributed by atoms with Gasteiger partial charge in [0.2, 0.25) is 0 Å². The van der Waals surface area contributed by atoms with Crippen molar-refractivity contribution in [1.29, 1.82) is 0 Å². The zero-order valence-corrected chi connectivity index (χ0v) is 11.2. The molecule has 2 saturated heterocycles. The Labute approximate surface area is 106 Å². The predicted molar refractivity (Wildman–Crippen MR) is 71.2 cm³/mol. The van der Waals surface area contributed by atoms with Crippen LogP contribution in [0.25, 0.3) is 0 Å². The molecular formula is C14H27N3. The molecule has 0 amide bonds. The highest BCUT2D eigenvalue weighted by atomic mass is 15.3. The number of rotatable bonds is 2. The summed E-state index contributed by atoms with van der Waals surface area (Å²) in [4.78, 5) is 5.47. The van der Waals surface area contributed by atoms with E-state index < -0.39 is 0 Å². The maximum atomic E-state index is 3.38. The lowest BCUT2D eigenvalue weighted by molar-refractivity contribution is 0.0363. The second-order valence-corrected chi connectivity index (χ2v) is 6.31. The fourth-order valence-electron chi connectivity index (χ4n) is 3.73. The van der Waals surface area contributed by atoms with Crippen LogP contribution >= 0.6 is 0 Å². The van der Waals surface area contributed by atoms with E-state index in [4.69, 9.17) is 0 Å². The van der Waals surface area contributed by atoms with Crippen LogP contribution in [0.4, 0.5) is 0 Å². The Hall–Kier alpha value is -0.120. The molecular weight excluding hydrogens is 210 g/mol. The van der Waals surface area contributed by atoms with E-state index in [2.05, 4.69) is 22.0 Å². The molecule has 0 aromatic heterocycles.